The van der Waals surface area contributed by atoms with Gasteiger partial charge >= 0.3 is 0 Å². The van der Waals surface area contributed by atoms with Crippen LogP contribution in [0.15, 0.2) is 36.4 Å². The van der Waals surface area contributed by atoms with Crippen LogP contribution < -0.4 is 5.32 Å². The molecule has 3 unspecified atom stereocenters. The predicted octanol–water partition coefficient (Wildman–Crippen LogP) is 2.42. The summed E-state index contributed by atoms with van der Waals surface area (Å²) < 4.78 is 0. The molecule has 1 aromatic carbocycles. The first-order valence-electron chi connectivity index (χ1n) is 12.6. The van der Waals surface area contributed by atoms with Crippen LogP contribution in [-0.2, 0) is 27.5 Å². The van der Waals surface area contributed by atoms with Gasteiger partial charge in [-0.2, -0.15) is 0 Å². The quantitative estimate of drug-likeness (QED) is 0.471. The number of nitrogens with one attached hydrogen (secondary N) is 1. The highest BCUT2D eigenvalue weighted by Crippen LogP contribution is 2.37. The van der Waals surface area contributed by atoms with Crippen molar-refractivity contribution in [3.8, 4) is 0 Å². The standard InChI is InChI=1S/C27H38N4O3/c1-19(2)16-24(31-26(33)22-6-4-5-7-23(22)27(31)34)25(32)28-17-20-8-10-21(11-9-20)18-30-14-12-29(3)13-15-30/h4-5,8-11,19,22-24H,6-7,12-18H2,1-3H3,(H,28,32). The summed E-state index contributed by atoms with van der Waals surface area (Å²) in [4.78, 5) is 45.4. The number of carbonyl (C=O) groups excluding carboxylic acids is 3. The van der Waals surface area contributed by atoms with Gasteiger partial charge in [-0.15, -0.1) is 0 Å². The van der Waals surface area contributed by atoms with Crippen LogP contribution in [0.1, 0.15) is 44.2 Å². The third-order valence-electron chi connectivity index (χ3n) is 7.34. The number of amides is 3. The third kappa shape index (κ3) is 5.58. The predicted molar refractivity (Wildman–Crippen MR) is 132 cm³/mol. The van der Waals surface area contributed by atoms with Gasteiger partial charge in [0.25, 0.3) is 0 Å². The summed E-state index contributed by atoms with van der Waals surface area (Å²) in [6.07, 6.45) is 5.59. The first kappa shape index (κ1) is 24.6. The summed E-state index contributed by atoms with van der Waals surface area (Å²) in [5.74, 6) is -1.06. The van der Waals surface area contributed by atoms with Gasteiger partial charge in [0.15, 0.2) is 0 Å². The van der Waals surface area contributed by atoms with Gasteiger partial charge < -0.3 is 10.2 Å². The minimum atomic E-state index is -0.748. The van der Waals surface area contributed by atoms with Crippen molar-refractivity contribution in [2.24, 2.45) is 17.8 Å². The number of hydrogen-bond donors (Lipinski definition) is 1. The topological polar surface area (TPSA) is 73.0 Å². The van der Waals surface area contributed by atoms with E-state index in [4.69, 9.17) is 0 Å². The van der Waals surface area contributed by atoms with E-state index in [1.807, 2.05) is 26.0 Å². The molecular formula is C27H38N4O3. The van der Waals surface area contributed by atoms with Crippen molar-refractivity contribution < 1.29 is 14.4 Å². The average molecular weight is 467 g/mol. The maximum absolute atomic E-state index is 13.2. The Labute approximate surface area is 203 Å². The minimum absolute atomic E-state index is 0.186. The van der Waals surface area contributed by atoms with Crippen LogP contribution in [0.2, 0.25) is 0 Å². The smallest absolute Gasteiger partial charge is 0.243 e. The fourth-order valence-electron chi connectivity index (χ4n) is 5.24. The molecule has 0 saturated carbocycles. The molecule has 1 aliphatic carbocycles. The second-order valence-electron chi connectivity index (χ2n) is 10.5. The molecule has 1 N–H and O–H groups in total. The maximum atomic E-state index is 13.2. The van der Waals surface area contributed by atoms with Gasteiger partial charge in [-0.25, -0.2) is 0 Å². The highest BCUT2D eigenvalue weighted by atomic mass is 16.2. The van der Waals surface area contributed by atoms with E-state index in [2.05, 4.69) is 46.4 Å². The van der Waals surface area contributed by atoms with Gasteiger partial charge in [0.1, 0.15) is 6.04 Å². The lowest BCUT2D eigenvalue weighted by molar-refractivity contribution is -0.148. The number of carbonyl (C=O) groups is 3. The number of hydrogen-bond acceptors (Lipinski definition) is 5. The van der Waals surface area contributed by atoms with Gasteiger partial charge in [0.05, 0.1) is 11.8 Å². The Morgan fingerprint density at radius 1 is 0.941 bits per heavy atom. The molecule has 34 heavy (non-hydrogen) atoms. The van der Waals surface area contributed by atoms with E-state index >= 15 is 0 Å². The van der Waals surface area contributed by atoms with Crippen LogP contribution in [-0.4, -0.2) is 71.7 Å². The van der Waals surface area contributed by atoms with E-state index in [-0.39, 0.29) is 35.5 Å². The fourth-order valence-corrected chi connectivity index (χ4v) is 5.24. The Balaban J connectivity index is 1.36. The molecule has 2 saturated heterocycles. The Morgan fingerprint density at radius 2 is 1.50 bits per heavy atom. The molecule has 7 heteroatoms. The largest absolute Gasteiger partial charge is 0.350 e. The number of likely N-dealkylation sites (tertiary alicyclic amines) is 1. The molecule has 1 aromatic rings. The van der Waals surface area contributed by atoms with Gasteiger partial charge in [0, 0.05) is 39.3 Å². The number of imide groups is 1. The first-order valence-corrected chi connectivity index (χ1v) is 12.6. The van der Waals surface area contributed by atoms with E-state index in [0.29, 0.717) is 25.8 Å². The second kappa shape index (κ2) is 10.8. The van der Waals surface area contributed by atoms with Crippen LogP contribution in [0.25, 0.3) is 0 Å². The van der Waals surface area contributed by atoms with Crippen LogP contribution in [0.3, 0.4) is 0 Å². The van der Waals surface area contributed by atoms with Crippen LogP contribution in [0.5, 0.6) is 0 Å². The lowest BCUT2D eigenvalue weighted by atomic mass is 9.85. The summed E-state index contributed by atoms with van der Waals surface area (Å²) >= 11 is 0. The normalized spacial score (nSPS) is 24.5. The second-order valence-corrected chi connectivity index (χ2v) is 10.5. The number of benzene rings is 1. The Hall–Kier alpha value is -2.51. The first-order chi connectivity index (χ1) is 16.3. The van der Waals surface area contributed by atoms with Crippen molar-refractivity contribution in [2.75, 3.05) is 33.2 Å². The number of allylic oxidation sites excluding steroid dienone is 2. The van der Waals surface area contributed by atoms with Gasteiger partial charge in [-0.3, -0.25) is 24.2 Å². The SMILES string of the molecule is CC(C)CC(C(=O)NCc1ccc(CN2CCN(C)CC2)cc1)N1C(=O)C2CC=CCC2C1=O. The van der Waals surface area contributed by atoms with Crippen molar-refractivity contribution in [1.82, 2.24) is 20.0 Å². The average Bonchev–Trinajstić information content (AvgIpc) is 3.08. The molecule has 0 bridgehead atoms. The van der Waals surface area contributed by atoms with Crippen molar-refractivity contribution in [1.29, 1.82) is 0 Å². The summed E-state index contributed by atoms with van der Waals surface area (Å²) in [5.41, 5.74) is 2.28. The minimum Gasteiger partial charge on any atom is -0.350 e. The molecule has 4 rings (SSSR count). The number of likely N-dealkylation sites (N-methyl/N-ethyl adjacent to an activating group) is 1. The summed E-state index contributed by atoms with van der Waals surface area (Å²) in [6, 6.07) is 7.60. The lowest BCUT2D eigenvalue weighted by Crippen LogP contribution is -2.50. The maximum Gasteiger partial charge on any atom is 0.243 e. The van der Waals surface area contributed by atoms with Gasteiger partial charge in [-0.1, -0.05) is 50.3 Å². The molecular weight excluding hydrogens is 428 g/mol. The van der Waals surface area contributed by atoms with Crippen molar-refractivity contribution in [3.63, 3.8) is 0 Å². The van der Waals surface area contributed by atoms with E-state index in [1.54, 1.807) is 0 Å². The van der Waals surface area contributed by atoms with Crippen molar-refractivity contribution in [2.45, 2.75) is 52.2 Å². The number of fused-ring (bicyclic) bond motifs is 1. The van der Waals surface area contributed by atoms with Crippen molar-refractivity contribution >= 4 is 17.7 Å². The highest BCUT2D eigenvalue weighted by Gasteiger charge is 2.51. The zero-order valence-corrected chi connectivity index (χ0v) is 20.7. The van der Waals surface area contributed by atoms with Gasteiger partial charge in [-0.05, 0) is 43.4 Å². The fraction of sp³-hybridized carbons (Fsp3) is 0.593. The summed E-state index contributed by atoms with van der Waals surface area (Å²) in [6.45, 7) is 9.70. The van der Waals surface area contributed by atoms with Crippen molar-refractivity contribution in [3.05, 3.63) is 47.5 Å². The van der Waals surface area contributed by atoms with E-state index < -0.39 is 6.04 Å². The molecule has 0 radical (unpaired) electrons. The third-order valence-corrected chi connectivity index (χ3v) is 7.34. The van der Waals surface area contributed by atoms with Crippen LogP contribution in [0, 0.1) is 17.8 Å². The Bertz CT molecular complexity index is 892. The molecule has 2 heterocycles. The Kier molecular flexibility index (Phi) is 7.84. The zero-order valence-electron chi connectivity index (χ0n) is 20.7. The summed E-state index contributed by atoms with van der Waals surface area (Å²) in [7, 11) is 2.16. The molecule has 184 valence electrons. The number of nitrogens with zero attached hydrogens (tertiary/aromatic N) is 3. The number of piperazine rings is 1. The van der Waals surface area contributed by atoms with E-state index in [0.717, 1.165) is 38.3 Å². The Morgan fingerprint density at radius 3 is 2.06 bits per heavy atom. The van der Waals surface area contributed by atoms with E-state index in [1.165, 1.54) is 10.5 Å². The van der Waals surface area contributed by atoms with Crippen LogP contribution in [0.4, 0.5) is 0 Å². The highest BCUT2D eigenvalue weighted by molar-refractivity contribution is 6.08. The van der Waals surface area contributed by atoms with E-state index in [9.17, 15) is 14.4 Å². The molecule has 3 aliphatic rings. The molecule has 2 aliphatic heterocycles. The molecule has 7 nitrogen and oxygen atoms in total. The molecule has 3 amide bonds. The molecule has 0 spiro atoms. The monoisotopic (exact) mass is 466 g/mol. The zero-order chi connectivity index (χ0) is 24.2. The summed E-state index contributed by atoms with van der Waals surface area (Å²) in [5, 5.41) is 2.99. The molecule has 0 aromatic heterocycles. The van der Waals surface area contributed by atoms with Crippen LogP contribution >= 0.6 is 0 Å². The molecule has 3 atom stereocenters. The lowest BCUT2D eigenvalue weighted by Gasteiger charge is -2.32. The van der Waals surface area contributed by atoms with Gasteiger partial charge in [0.2, 0.25) is 17.7 Å². The number of rotatable bonds is 8. The molecule has 2 fully saturated rings.